The topological polar surface area (TPSA) is 98.7 Å². The fourth-order valence-corrected chi connectivity index (χ4v) is 3.12. The molecule has 0 aliphatic carbocycles. The average Bonchev–Trinajstić information content (AvgIpc) is 3.38. The number of pyridine rings is 1. The lowest BCUT2D eigenvalue weighted by atomic mass is 10.2. The quantitative estimate of drug-likeness (QED) is 0.500. The van der Waals surface area contributed by atoms with E-state index >= 15 is 0 Å². The minimum Gasteiger partial charge on any atom is -0.334 e. The molecule has 0 bridgehead atoms. The molecule has 1 N–H and O–H groups in total. The van der Waals surface area contributed by atoms with Crippen LogP contribution in [0.4, 0.5) is 10.1 Å². The number of carbonyl (C=O) groups is 1. The van der Waals surface area contributed by atoms with Crippen LogP contribution in [0.3, 0.4) is 0 Å². The van der Waals surface area contributed by atoms with Crippen molar-refractivity contribution in [3.63, 3.8) is 0 Å². The van der Waals surface area contributed by atoms with Crippen molar-refractivity contribution >= 4 is 11.6 Å². The van der Waals surface area contributed by atoms with E-state index in [1.54, 1.807) is 36.9 Å². The van der Waals surface area contributed by atoms with Gasteiger partial charge in [-0.2, -0.15) is 10.1 Å². The van der Waals surface area contributed by atoms with Crippen LogP contribution in [0.15, 0.2) is 47.2 Å². The molecule has 0 aliphatic rings. The Balaban J connectivity index is 1.53. The standard InChI is InChI=1S/C22H21FN6O2/c1-4-5-19-27-22(31-28-19)15-6-9-20(24-11-15)29-14(3)17(12-25-29)21(30)26-16-7-8-18(23)13(2)10-16/h6-12H,4-5H2,1-3H3,(H,26,30). The Kier molecular flexibility index (Phi) is 5.57. The lowest BCUT2D eigenvalue weighted by molar-refractivity contribution is 0.102. The Morgan fingerprint density at radius 1 is 1.19 bits per heavy atom. The fourth-order valence-electron chi connectivity index (χ4n) is 3.12. The maximum atomic E-state index is 13.4. The van der Waals surface area contributed by atoms with Crippen LogP contribution >= 0.6 is 0 Å². The number of rotatable bonds is 6. The number of hydrogen-bond acceptors (Lipinski definition) is 6. The van der Waals surface area contributed by atoms with E-state index in [9.17, 15) is 9.18 Å². The van der Waals surface area contributed by atoms with Gasteiger partial charge in [0.05, 0.1) is 23.0 Å². The van der Waals surface area contributed by atoms with Gasteiger partial charge >= 0.3 is 0 Å². The van der Waals surface area contributed by atoms with Gasteiger partial charge in [0.1, 0.15) is 5.82 Å². The van der Waals surface area contributed by atoms with Gasteiger partial charge in [-0.05, 0) is 56.2 Å². The Morgan fingerprint density at radius 2 is 2.03 bits per heavy atom. The van der Waals surface area contributed by atoms with E-state index in [0.29, 0.717) is 45.6 Å². The molecule has 31 heavy (non-hydrogen) atoms. The number of hydrogen-bond donors (Lipinski definition) is 1. The highest BCUT2D eigenvalue weighted by Gasteiger charge is 2.17. The van der Waals surface area contributed by atoms with E-state index in [1.165, 1.54) is 18.3 Å². The zero-order valence-electron chi connectivity index (χ0n) is 17.4. The van der Waals surface area contributed by atoms with Crippen molar-refractivity contribution in [2.24, 2.45) is 0 Å². The summed E-state index contributed by atoms with van der Waals surface area (Å²) < 4.78 is 20.3. The van der Waals surface area contributed by atoms with Crippen LogP contribution in [-0.2, 0) is 6.42 Å². The molecule has 158 valence electrons. The first-order chi connectivity index (χ1) is 15.0. The van der Waals surface area contributed by atoms with Gasteiger partial charge < -0.3 is 9.84 Å². The van der Waals surface area contributed by atoms with Crippen molar-refractivity contribution in [2.75, 3.05) is 5.32 Å². The minimum absolute atomic E-state index is 0.321. The Labute approximate surface area is 178 Å². The molecule has 9 heteroatoms. The van der Waals surface area contributed by atoms with Crippen LogP contribution < -0.4 is 5.32 Å². The molecule has 0 saturated heterocycles. The summed E-state index contributed by atoms with van der Waals surface area (Å²) in [5.74, 6) is 0.969. The summed E-state index contributed by atoms with van der Waals surface area (Å²) in [6, 6.07) is 8.00. The van der Waals surface area contributed by atoms with Gasteiger partial charge in [0.25, 0.3) is 11.8 Å². The van der Waals surface area contributed by atoms with Gasteiger partial charge in [-0.1, -0.05) is 12.1 Å². The third kappa shape index (κ3) is 4.20. The number of halogens is 1. The van der Waals surface area contributed by atoms with E-state index in [-0.39, 0.29) is 11.7 Å². The summed E-state index contributed by atoms with van der Waals surface area (Å²) in [4.78, 5) is 21.4. The van der Waals surface area contributed by atoms with Crippen LogP contribution in [0.1, 0.15) is 40.8 Å². The van der Waals surface area contributed by atoms with E-state index in [1.807, 2.05) is 13.0 Å². The fraction of sp³-hybridized carbons (Fsp3) is 0.227. The highest BCUT2D eigenvalue weighted by molar-refractivity contribution is 6.05. The van der Waals surface area contributed by atoms with Crippen molar-refractivity contribution in [2.45, 2.75) is 33.6 Å². The van der Waals surface area contributed by atoms with Gasteiger partial charge in [0.2, 0.25) is 0 Å². The molecule has 0 unspecified atom stereocenters. The normalized spacial score (nSPS) is 11.0. The monoisotopic (exact) mass is 420 g/mol. The van der Waals surface area contributed by atoms with Crippen LogP contribution in [0.25, 0.3) is 17.3 Å². The molecule has 4 rings (SSSR count). The van der Waals surface area contributed by atoms with Crippen LogP contribution in [0.5, 0.6) is 0 Å². The summed E-state index contributed by atoms with van der Waals surface area (Å²) in [6.07, 6.45) is 4.79. The Hall–Kier alpha value is -3.88. The molecule has 1 aromatic carbocycles. The number of nitrogens with zero attached hydrogens (tertiary/aromatic N) is 5. The molecule has 3 heterocycles. The van der Waals surface area contributed by atoms with E-state index < -0.39 is 0 Å². The smallest absolute Gasteiger partial charge is 0.259 e. The molecule has 0 spiro atoms. The average molecular weight is 420 g/mol. The maximum Gasteiger partial charge on any atom is 0.259 e. The zero-order chi connectivity index (χ0) is 22.0. The number of aryl methyl sites for hydroxylation is 2. The van der Waals surface area contributed by atoms with Gasteiger partial charge in [-0.25, -0.2) is 14.1 Å². The lowest BCUT2D eigenvalue weighted by Crippen LogP contribution is -2.13. The zero-order valence-corrected chi connectivity index (χ0v) is 17.4. The molecule has 0 atom stereocenters. The summed E-state index contributed by atoms with van der Waals surface area (Å²) in [6.45, 7) is 5.47. The lowest BCUT2D eigenvalue weighted by Gasteiger charge is -2.07. The van der Waals surface area contributed by atoms with E-state index in [2.05, 4.69) is 25.5 Å². The van der Waals surface area contributed by atoms with Crippen molar-refractivity contribution < 1.29 is 13.7 Å². The van der Waals surface area contributed by atoms with Gasteiger partial charge in [-0.3, -0.25) is 4.79 Å². The number of aromatic nitrogens is 5. The minimum atomic E-state index is -0.333. The molecule has 0 radical (unpaired) electrons. The first-order valence-electron chi connectivity index (χ1n) is 9.87. The number of benzene rings is 1. The molecule has 4 aromatic rings. The van der Waals surface area contributed by atoms with E-state index in [0.717, 1.165) is 12.8 Å². The second-order valence-corrected chi connectivity index (χ2v) is 7.14. The van der Waals surface area contributed by atoms with Crippen LogP contribution in [0, 0.1) is 19.7 Å². The maximum absolute atomic E-state index is 13.4. The van der Waals surface area contributed by atoms with Gasteiger partial charge in [0.15, 0.2) is 11.6 Å². The second kappa shape index (κ2) is 8.47. The molecule has 3 aromatic heterocycles. The first kappa shape index (κ1) is 20.4. The summed E-state index contributed by atoms with van der Waals surface area (Å²) >= 11 is 0. The molecular formula is C22H21FN6O2. The third-order valence-electron chi connectivity index (χ3n) is 4.82. The molecule has 0 aliphatic heterocycles. The predicted molar refractivity (Wildman–Crippen MR) is 112 cm³/mol. The number of amides is 1. The molecule has 1 amide bonds. The SMILES string of the molecule is CCCc1noc(-c2ccc(-n3ncc(C(=O)Nc4ccc(F)c(C)c4)c3C)nc2)n1. The highest BCUT2D eigenvalue weighted by atomic mass is 19.1. The predicted octanol–water partition coefficient (Wildman–Crippen LogP) is 4.28. The molecule has 8 nitrogen and oxygen atoms in total. The second-order valence-electron chi connectivity index (χ2n) is 7.14. The van der Waals surface area contributed by atoms with E-state index in [4.69, 9.17) is 4.52 Å². The Morgan fingerprint density at radius 3 is 2.74 bits per heavy atom. The van der Waals surface area contributed by atoms with Crippen molar-refractivity contribution in [1.82, 2.24) is 24.9 Å². The van der Waals surface area contributed by atoms with Crippen LogP contribution in [0.2, 0.25) is 0 Å². The summed E-state index contributed by atoms with van der Waals surface area (Å²) in [5, 5.41) is 11.0. The summed E-state index contributed by atoms with van der Waals surface area (Å²) in [5.41, 5.74) is 2.69. The molecule has 0 saturated carbocycles. The van der Waals surface area contributed by atoms with Crippen molar-refractivity contribution in [3.05, 3.63) is 71.2 Å². The van der Waals surface area contributed by atoms with Crippen LogP contribution in [-0.4, -0.2) is 30.8 Å². The molecular weight excluding hydrogens is 399 g/mol. The van der Waals surface area contributed by atoms with Crippen molar-refractivity contribution in [1.29, 1.82) is 0 Å². The van der Waals surface area contributed by atoms with Gasteiger partial charge in [-0.15, -0.1) is 0 Å². The largest absolute Gasteiger partial charge is 0.334 e. The molecule has 0 fully saturated rings. The van der Waals surface area contributed by atoms with Gasteiger partial charge in [0, 0.05) is 18.3 Å². The summed E-state index contributed by atoms with van der Waals surface area (Å²) in [7, 11) is 0. The number of nitrogens with one attached hydrogen (secondary N) is 1. The highest BCUT2D eigenvalue weighted by Crippen LogP contribution is 2.20. The number of carbonyl (C=O) groups excluding carboxylic acids is 1. The first-order valence-corrected chi connectivity index (χ1v) is 9.87. The Bertz CT molecular complexity index is 1230. The number of anilines is 1. The van der Waals surface area contributed by atoms with Crippen molar-refractivity contribution in [3.8, 4) is 17.3 Å². The third-order valence-corrected chi connectivity index (χ3v) is 4.82.